The summed E-state index contributed by atoms with van der Waals surface area (Å²) < 4.78 is 5.73. The first-order valence-corrected chi connectivity index (χ1v) is 17.1. The third-order valence-electron chi connectivity index (χ3n) is 8.25. The van der Waals surface area contributed by atoms with Crippen LogP contribution in [0, 0.1) is 17.2 Å². The number of rotatable bonds is 25. The molecule has 0 bridgehead atoms. The summed E-state index contributed by atoms with van der Waals surface area (Å²) in [5.41, 5.74) is -2.09. The van der Waals surface area contributed by atoms with Crippen LogP contribution in [0.2, 0.25) is 0 Å². The molecule has 0 radical (unpaired) electrons. The van der Waals surface area contributed by atoms with Crippen molar-refractivity contribution in [3.8, 4) is 17.6 Å². The average molecular weight is 693 g/mol. The van der Waals surface area contributed by atoms with Crippen LogP contribution in [0.15, 0.2) is 60.7 Å². The molecule has 1 amide bonds. The molecule has 0 aliphatic rings. The van der Waals surface area contributed by atoms with Gasteiger partial charge in [0, 0.05) is 19.3 Å². The van der Waals surface area contributed by atoms with Gasteiger partial charge in [-0.15, -0.1) is 0 Å². The van der Waals surface area contributed by atoms with E-state index in [4.69, 9.17) is 10.00 Å². The zero-order valence-corrected chi connectivity index (χ0v) is 28.5. The summed E-state index contributed by atoms with van der Waals surface area (Å²) in [5, 5.41) is 51.1. The van der Waals surface area contributed by atoms with E-state index in [9.17, 15) is 44.4 Å². The van der Waals surface area contributed by atoms with Crippen molar-refractivity contribution in [2.45, 2.75) is 108 Å². The number of aliphatic carboxylic acids is 3. The maximum atomic E-state index is 13.4. The van der Waals surface area contributed by atoms with E-state index in [0.29, 0.717) is 48.3 Å². The molecule has 0 fully saturated rings. The molecule has 270 valence electrons. The average Bonchev–Trinajstić information content (AvgIpc) is 3.07. The van der Waals surface area contributed by atoms with Gasteiger partial charge in [-0.1, -0.05) is 69.7 Å². The molecule has 0 spiro atoms. The van der Waals surface area contributed by atoms with Gasteiger partial charge >= 0.3 is 17.9 Å². The Morgan fingerprint density at radius 3 is 1.92 bits per heavy atom. The molecule has 2 rings (SSSR count). The van der Waals surface area contributed by atoms with Crippen molar-refractivity contribution in [3.63, 3.8) is 0 Å². The van der Waals surface area contributed by atoms with E-state index < -0.39 is 47.8 Å². The highest BCUT2D eigenvalue weighted by atomic mass is 16.5. The van der Waals surface area contributed by atoms with Crippen molar-refractivity contribution < 1.29 is 49.1 Å². The van der Waals surface area contributed by atoms with Gasteiger partial charge in [0.25, 0.3) is 0 Å². The van der Waals surface area contributed by atoms with Gasteiger partial charge in [-0.3, -0.25) is 14.4 Å². The maximum Gasteiger partial charge on any atom is 0.337 e. The highest BCUT2D eigenvalue weighted by molar-refractivity contribution is 5.94. The number of carboxylic acids is 3. The summed E-state index contributed by atoms with van der Waals surface area (Å²) in [6.07, 6.45) is 11.0. The lowest BCUT2D eigenvalue weighted by Gasteiger charge is -2.29. The Kier molecular flexibility index (Phi) is 18.0. The number of ether oxygens (including phenoxy) is 1. The second-order valence-corrected chi connectivity index (χ2v) is 12.3. The van der Waals surface area contributed by atoms with Crippen LogP contribution in [-0.4, -0.2) is 61.7 Å². The first-order chi connectivity index (χ1) is 23.9. The van der Waals surface area contributed by atoms with Crippen molar-refractivity contribution in [2.75, 3.05) is 0 Å². The molecule has 50 heavy (non-hydrogen) atoms. The third kappa shape index (κ3) is 14.6. The number of unbranched alkanes of at least 4 members (excludes halogenated alkanes) is 8. The molecule has 2 aromatic rings. The molecular weight excluding hydrogens is 644 g/mol. The second kappa shape index (κ2) is 21.8. The van der Waals surface area contributed by atoms with Gasteiger partial charge < -0.3 is 30.5 Å². The molecule has 0 aromatic heterocycles. The van der Waals surface area contributed by atoms with Gasteiger partial charge in [0.15, 0.2) is 5.60 Å². The van der Waals surface area contributed by atoms with Crippen molar-refractivity contribution in [3.05, 3.63) is 71.8 Å². The lowest BCUT2D eigenvalue weighted by molar-refractivity contribution is -0.172. The van der Waals surface area contributed by atoms with Crippen LogP contribution < -0.4 is 10.1 Å². The van der Waals surface area contributed by atoms with Crippen molar-refractivity contribution in [1.82, 2.24) is 5.32 Å². The van der Waals surface area contributed by atoms with Gasteiger partial charge in [-0.2, -0.15) is 5.26 Å². The summed E-state index contributed by atoms with van der Waals surface area (Å²) in [5.74, 6) is -6.92. The highest BCUT2D eigenvalue weighted by Gasteiger charge is 2.49. The Labute approximate surface area is 292 Å². The molecule has 0 unspecified atom stereocenters. The summed E-state index contributed by atoms with van der Waals surface area (Å²) in [6, 6.07) is 13.3. The zero-order chi connectivity index (χ0) is 36.9. The van der Waals surface area contributed by atoms with Crippen molar-refractivity contribution in [2.24, 2.45) is 5.92 Å². The lowest BCUT2D eigenvalue weighted by Crippen LogP contribution is -2.55. The number of allylic oxidation sites excluding steroid dienone is 1. The minimum atomic E-state index is -3.04. The van der Waals surface area contributed by atoms with E-state index in [-0.39, 0.29) is 12.2 Å². The molecular formula is C38H48N2O10. The monoisotopic (exact) mass is 692 g/mol. The fourth-order valence-electron chi connectivity index (χ4n) is 5.36. The standard InChI is InChI=1S/C38H48N2O10/c1-2-3-4-7-10-13-29(41)14-11-8-5-6-9-12-15-32(38(49,37(47)48)25-34(42)43)35(44)40-33(36(45)46)24-27-16-20-30(21-17-27)50-31-22-18-28(26-39)19-23-31/h12,15-23,32-33,49H,2-11,13-14,24-25H2,1H3,(H,40,44)(H,42,43)(H,45,46)(H,47,48)/t32-,33+,38+/m1/s1. The van der Waals surface area contributed by atoms with E-state index in [1.54, 1.807) is 48.5 Å². The van der Waals surface area contributed by atoms with Crippen LogP contribution >= 0.6 is 0 Å². The van der Waals surface area contributed by atoms with Gasteiger partial charge in [0.1, 0.15) is 23.3 Å². The summed E-state index contributed by atoms with van der Waals surface area (Å²) in [6.45, 7) is 2.14. The molecule has 0 heterocycles. The van der Waals surface area contributed by atoms with Crippen LogP contribution in [0.3, 0.4) is 0 Å². The minimum Gasteiger partial charge on any atom is -0.481 e. The van der Waals surface area contributed by atoms with E-state index in [0.717, 1.165) is 51.0 Å². The van der Waals surface area contributed by atoms with Crippen molar-refractivity contribution >= 4 is 29.6 Å². The van der Waals surface area contributed by atoms with Gasteiger partial charge in [0.05, 0.1) is 24.0 Å². The van der Waals surface area contributed by atoms with Gasteiger partial charge in [-0.25, -0.2) is 9.59 Å². The minimum absolute atomic E-state index is 0.208. The second-order valence-electron chi connectivity index (χ2n) is 12.3. The summed E-state index contributed by atoms with van der Waals surface area (Å²) in [4.78, 5) is 61.1. The fourth-order valence-corrected chi connectivity index (χ4v) is 5.36. The maximum absolute atomic E-state index is 13.4. The number of ketones is 1. The quantitative estimate of drug-likeness (QED) is 0.0584. The number of Topliss-reactive ketones (excluding diaryl/α,β-unsaturated/α-hetero) is 1. The van der Waals surface area contributed by atoms with Gasteiger partial charge in [0.2, 0.25) is 5.91 Å². The van der Waals surface area contributed by atoms with E-state index >= 15 is 0 Å². The molecule has 12 heteroatoms. The number of carbonyl (C=O) groups excluding carboxylic acids is 2. The number of carbonyl (C=O) groups is 5. The van der Waals surface area contributed by atoms with Crippen LogP contribution in [0.25, 0.3) is 0 Å². The number of nitrogens with zero attached hydrogens (tertiary/aromatic N) is 1. The molecule has 0 saturated heterocycles. The molecule has 0 saturated carbocycles. The smallest absolute Gasteiger partial charge is 0.337 e. The Bertz CT molecular complexity index is 1480. The normalized spacial score (nSPS) is 13.5. The Morgan fingerprint density at radius 2 is 1.40 bits per heavy atom. The topological polar surface area (TPSA) is 211 Å². The molecule has 3 atom stereocenters. The number of nitriles is 1. The summed E-state index contributed by atoms with van der Waals surface area (Å²) in [7, 11) is 0. The number of hydrogen-bond donors (Lipinski definition) is 5. The number of carboxylic acid groups (broad SMARTS) is 3. The Morgan fingerprint density at radius 1 is 0.840 bits per heavy atom. The fraction of sp³-hybridized carbons (Fsp3) is 0.474. The van der Waals surface area contributed by atoms with E-state index in [2.05, 4.69) is 12.2 Å². The lowest BCUT2D eigenvalue weighted by atomic mass is 9.82. The molecule has 0 aliphatic heterocycles. The first-order valence-electron chi connectivity index (χ1n) is 17.1. The van der Waals surface area contributed by atoms with Crippen LogP contribution in [0.5, 0.6) is 11.5 Å². The Balaban J connectivity index is 2.01. The zero-order valence-electron chi connectivity index (χ0n) is 28.5. The SMILES string of the molecule is CCCCCCCC(=O)CCCCCCC=C[C@H](C(=O)N[C@@H](Cc1ccc(Oc2ccc(C#N)cc2)cc1)C(=O)O)[C@@](O)(CC(=O)O)C(=O)O. The molecule has 12 nitrogen and oxygen atoms in total. The van der Waals surface area contributed by atoms with E-state index in [1.807, 2.05) is 6.07 Å². The van der Waals surface area contributed by atoms with Gasteiger partial charge in [-0.05, 0) is 67.6 Å². The molecule has 5 N–H and O–H groups in total. The number of amides is 1. The van der Waals surface area contributed by atoms with E-state index in [1.165, 1.54) is 12.5 Å². The number of hydrogen-bond acceptors (Lipinski definition) is 8. The number of aliphatic hydroxyl groups is 1. The predicted octanol–water partition coefficient (Wildman–Crippen LogP) is 6.20. The molecule has 0 aliphatic carbocycles. The van der Waals surface area contributed by atoms with Crippen LogP contribution in [0.1, 0.15) is 102 Å². The first kappa shape index (κ1) is 41.2. The molecule has 2 aromatic carbocycles. The summed E-state index contributed by atoms with van der Waals surface area (Å²) >= 11 is 0. The number of nitrogens with one attached hydrogen (secondary N) is 1. The van der Waals surface area contributed by atoms with Crippen LogP contribution in [0.4, 0.5) is 0 Å². The Hall–Kier alpha value is -5.02. The predicted molar refractivity (Wildman–Crippen MR) is 184 cm³/mol. The van der Waals surface area contributed by atoms with Crippen LogP contribution in [-0.2, 0) is 30.4 Å². The largest absolute Gasteiger partial charge is 0.481 e. The highest BCUT2D eigenvalue weighted by Crippen LogP contribution is 2.26. The third-order valence-corrected chi connectivity index (χ3v) is 8.25. The number of benzene rings is 2. The van der Waals surface area contributed by atoms with Crippen molar-refractivity contribution in [1.29, 1.82) is 5.26 Å².